The summed E-state index contributed by atoms with van der Waals surface area (Å²) in [6.07, 6.45) is 2.99. The quantitative estimate of drug-likeness (QED) is 0.892. The van der Waals surface area contributed by atoms with Crippen molar-refractivity contribution in [3.8, 4) is 11.5 Å². The van der Waals surface area contributed by atoms with Crippen LogP contribution in [0, 0.1) is 5.41 Å². The van der Waals surface area contributed by atoms with Gasteiger partial charge in [0.15, 0.2) is 0 Å². The second-order valence-corrected chi connectivity index (χ2v) is 6.58. The number of fused-ring (bicyclic) bond motifs is 2. The molecular weight excluding hydrogens is 248 g/mol. The first kappa shape index (κ1) is 13.3. The SMILES string of the molecule is CCC(C)(C)Cc1cc2cc3c(cc2cc1O)OCC3. The van der Waals surface area contributed by atoms with Crippen molar-refractivity contribution in [1.29, 1.82) is 0 Å². The number of rotatable bonds is 3. The smallest absolute Gasteiger partial charge is 0.123 e. The van der Waals surface area contributed by atoms with Crippen LogP contribution >= 0.6 is 0 Å². The summed E-state index contributed by atoms with van der Waals surface area (Å²) in [4.78, 5) is 0. The Morgan fingerprint density at radius 2 is 1.90 bits per heavy atom. The molecule has 0 atom stereocenters. The number of ether oxygens (including phenoxy) is 1. The van der Waals surface area contributed by atoms with Crippen LogP contribution in [0.15, 0.2) is 24.3 Å². The summed E-state index contributed by atoms with van der Waals surface area (Å²) in [5, 5.41) is 12.5. The summed E-state index contributed by atoms with van der Waals surface area (Å²) in [6.45, 7) is 7.45. The molecule has 0 radical (unpaired) electrons. The topological polar surface area (TPSA) is 29.5 Å². The highest BCUT2D eigenvalue weighted by molar-refractivity contribution is 5.87. The van der Waals surface area contributed by atoms with E-state index in [1.54, 1.807) is 0 Å². The van der Waals surface area contributed by atoms with Crippen LogP contribution in [0.3, 0.4) is 0 Å². The summed E-state index contributed by atoms with van der Waals surface area (Å²) in [6, 6.07) is 8.27. The molecule has 0 fully saturated rings. The van der Waals surface area contributed by atoms with Gasteiger partial charge in [0.05, 0.1) is 6.61 Å². The molecule has 0 unspecified atom stereocenters. The molecular formula is C18H22O2. The predicted molar refractivity (Wildman–Crippen MR) is 82.6 cm³/mol. The average molecular weight is 270 g/mol. The Morgan fingerprint density at radius 1 is 1.15 bits per heavy atom. The molecule has 0 amide bonds. The fourth-order valence-electron chi connectivity index (χ4n) is 2.79. The monoisotopic (exact) mass is 270 g/mol. The van der Waals surface area contributed by atoms with Crippen LogP contribution in [0.4, 0.5) is 0 Å². The van der Waals surface area contributed by atoms with Gasteiger partial charge in [-0.15, -0.1) is 0 Å². The van der Waals surface area contributed by atoms with Gasteiger partial charge < -0.3 is 9.84 Å². The second-order valence-electron chi connectivity index (χ2n) is 6.58. The normalized spacial score (nSPS) is 14.3. The summed E-state index contributed by atoms with van der Waals surface area (Å²) in [7, 11) is 0. The molecule has 20 heavy (non-hydrogen) atoms. The van der Waals surface area contributed by atoms with Crippen molar-refractivity contribution in [2.75, 3.05) is 6.61 Å². The van der Waals surface area contributed by atoms with Crippen LogP contribution in [-0.4, -0.2) is 11.7 Å². The van der Waals surface area contributed by atoms with Crippen molar-refractivity contribution >= 4 is 10.8 Å². The van der Waals surface area contributed by atoms with E-state index in [2.05, 4.69) is 32.9 Å². The summed E-state index contributed by atoms with van der Waals surface area (Å²) in [5.74, 6) is 1.37. The molecule has 0 saturated carbocycles. The summed E-state index contributed by atoms with van der Waals surface area (Å²) < 4.78 is 5.59. The first-order valence-corrected chi connectivity index (χ1v) is 7.40. The van der Waals surface area contributed by atoms with Crippen LogP contribution in [-0.2, 0) is 12.8 Å². The van der Waals surface area contributed by atoms with Crippen LogP contribution in [0.2, 0.25) is 0 Å². The molecule has 1 aliphatic rings. The van der Waals surface area contributed by atoms with Crippen LogP contribution in [0.5, 0.6) is 11.5 Å². The van der Waals surface area contributed by atoms with E-state index in [0.29, 0.717) is 5.75 Å². The molecule has 0 aliphatic carbocycles. The first-order chi connectivity index (χ1) is 9.48. The minimum absolute atomic E-state index is 0.213. The molecule has 2 heteroatoms. The van der Waals surface area contributed by atoms with Crippen molar-refractivity contribution in [3.63, 3.8) is 0 Å². The Labute approximate surface area is 120 Å². The Bertz CT molecular complexity index is 656. The molecule has 0 saturated heterocycles. The van der Waals surface area contributed by atoms with E-state index in [4.69, 9.17) is 4.74 Å². The molecule has 2 aromatic rings. The Morgan fingerprint density at radius 3 is 2.65 bits per heavy atom. The molecule has 2 nitrogen and oxygen atoms in total. The summed E-state index contributed by atoms with van der Waals surface area (Å²) >= 11 is 0. The average Bonchev–Trinajstić information content (AvgIpc) is 2.84. The molecule has 3 rings (SSSR count). The van der Waals surface area contributed by atoms with Crippen LogP contribution in [0.1, 0.15) is 38.3 Å². The van der Waals surface area contributed by atoms with Gasteiger partial charge in [0, 0.05) is 6.42 Å². The zero-order valence-corrected chi connectivity index (χ0v) is 12.5. The van der Waals surface area contributed by atoms with Gasteiger partial charge in [-0.05, 0) is 58.0 Å². The van der Waals surface area contributed by atoms with Gasteiger partial charge in [-0.25, -0.2) is 0 Å². The minimum Gasteiger partial charge on any atom is -0.508 e. The maximum atomic E-state index is 10.3. The van der Waals surface area contributed by atoms with E-state index >= 15 is 0 Å². The Balaban J connectivity index is 2.07. The Hall–Kier alpha value is -1.70. The van der Waals surface area contributed by atoms with Crippen LogP contribution in [0.25, 0.3) is 10.8 Å². The predicted octanol–water partition coefficient (Wildman–Crippen LogP) is 4.46. The molecule has 106 valence electrons. The van der Waals surface area contributed by atoms with Gasteiger partial charge in [-0.1, -0.05) is 27.2 Å². The van der Waals surface area contributed by atoms with Gasteiger partial charge in [-0.2, -0.15) is 0 Å². The van der Waals surface area contributed by atoms with Crippen LogP contribution < -0.4 is 4.74 Å². The fourth-order valence-corrected chi connectivity index (χ4v) is 2.79. The van der Waals surface area contributed by atoms with E-state index < -0.39 is 0 Å². The molecule has 1 aliphatic heterocycles. The highest BCUT2D eigenvalue weighted by atomic mass is 16.5. The van der Waals surface area contributed by atoms with E-state index in [9.17, 15) is 5.11 Å². The number of phenolic OH excluding ortho intramolecular Hbond substituents is 1. The number of phenols is 1. The lowest BCUT2D eigenvalue weighted by molar-refractivity contribution is 0.342. The lowest BCUT2D eigenvalue weighted by atomic mass is 9.82. The second kappa shape index (κ2) is 4.69. The lowest BCUT2D eigenvalue weighted by Gasteiger charge is -2.23. The van der Waals surface area contributed by atoms with Gasteiger partial charge in [0.25, 0.3) is 0 Å². The zero-order chi connectivity index (χ0) is 14.3. The van der Waals surface area contributed by atoms with Crippen molar-refractivity contribution < 1.29 is 9.84 Å². The third-order valence-corrected chi connectivity index (χ3v) is 4.47. The molecule has 1 heterocycles. The Kier molecular flexibility index (Phi) is 3.12. The van der Waals surface area contributed by atoms with E-state index in [1.807, 2.05) is 12.1 Å². The zero-order valence-electron chi connectivity index (χ0n) is 12.5. The van der Waals surface area contributed by atoms with Gasteiger partial charge in [-0.3, -0.25) is 0 Å². The van der Waals surface area contributed by atoms with Crippen molar-refractivity contribution in [2.24, 2.45) is 5.41 Å². The standard InChI is InChI=1S/C18H22O2/c1-4-18(2,3)11-15-8-13-7-12-5-6-20-17(12)10-14(13)9-16(15)19/h7-10,19H,4-6,11H2,1-3H3. The van der Waals surface area contributed by atoms with Gasteiger partial charge in [0.1, 0.15) is 11.5 Å². The van der Waals surface area contributed by atoms with Crippen molar-refractivity contribution in [3.05, 3.63) is 35.4 Å². The van der Waals surface area contributed by atoms with E-state index in [-0.39, 0.29) is 5.41 Å². The first-order valence-electron chi connectivity index (χ1n) is 7.40. The highest BCUT2D eigenvalue weighted by Crippen LogP contribution is 2.36. The highest BCUT2D eigenvalue weighted by Gasteiger charge is 2.19. The molecule has 2 aromatic carbocycles. The largest absolute Gasteiger partial charge is 0.508 e. The number of hydrogen-bond donors (Lipinski definition) is 1. The van der Waals surface area contributed by atoms with E-state index in [1.165, 1.54) is 10.9 Å². The summed E-state index contributed by atoms with van der Waals surface area (Å²) in [5.41, 5.74) is 2.54. The van der Waals surface area contributed by atoms with E-state index in [0.717, 1.165) is 42.6 Å². The van der Waals surface area contributed by atoms with Crippen molar-refractivity contribution in [1.82, 2.24) is 0 Å². The number of hydrogen-bond acceptors (Lipinski definition) is 2. The van der Waals surface area contributed by atoms with Crippen molar-refractivity contribution in [2.45, 2.75) is 40.0 Å². The lowest BCUT2D eigenvalue weighted by Crippen LogP contribution is -2.13. The maximum Gasteiger partial charge on any atom is 0.123 e. The van der Waals surface area contributed by atoms with Gasteiger partial charge in [0.2, 0.25) is 0 Å². The maximum absolute atomic E-state index is 10.3. The number of aromatic hydroxyl groups is 1. The number of benzene rings is 2. The third-order valence-electron chi connectivity index (χ3n) is 4.47. The molecule has 0 bridgehead atoms. The minimum atomic E-state index is 0.213. The molecule has 0 spiro atoms. The third kappa shape index (κ3) is 2.35. The molecule has 1 N–H and O–H groups in total. The molecule has 0 aromatic heterocycles. The fraction of sp³-hybridized carbons (Fsp3) is 0.444. The van der Waals surface area contributed by atoms with Gasteiger partial charge >= 0.3 is 0 Å².